The summed E-state index contributed by atoms with van der Waals surface area (Å²) in [6, 6.07) is 8.64. The van der Waals surface area contributed by atoms with Gasteiger partial charge in [-0.25, -0.2) is 4.98 Å². The van der Waals surface area contributed by atoms with E-state index >= 15 is 0 Å². The zero-order chi connectivity index (χ0) is 13.4. The van der Waals surface area contributed by atoms with Crippen LogP contribution in [-0.2, 0) is 0 Å². The van der Waals surface area contributed by atoms with E-state index in [1.807, 2.05) is 0 Å². The second kappa shape index (κ2) is 4.48. The fraction of sp³-hybridized carbons (Fsp3) is 0.0714. The van der Waals surface area contributed by atoms with E-state index in [0.29, 0.717) is 21.7 Å². The predicted molar refractivity (Wildman–Crippen MR) is 74.9 cm³/mol. The Hall–Kier alpha value is -2.20. The van der Waals surface area contributed by atoms with E-state index < -0.39 is 0 Å². The van der Waals surface area contributed by atoms with E-state index in [4.69, 9.17) is 11.6 Å². The minimum atomic E-state index is -0.106. The van der Waals surface area contributed by atoms with Crippen LogP contribution in [0, 0.1) is 6.92 Å². The van der Waals surface area contributed by atoms with Crippen molar-refractivity contribution in [3.05, 3.63) is 63.9 Å². The van der Waals surface area contributed by atoms with Gasteiger partial charge in [-0.05, 0) is 37.3 Å². The second-order valence-electron chi connectivity index (χ2n) is 4.17. The number of hydrogen-bond donors (Lipinski definition) is 0. The predicted octanol–water partition coefficient (Wildman–Crippen LogP) is 2.74. The van der Waals surface area contributed by atoms with Crippen molar-refractivity contribution in [3.8, 4) is 5.69 Å². The van der Waals surface area contributed by atoms with E-state index in [0.717, 1.165) is 5.69 Å². The quantitative estimate of drug-likeness (QED) is 0.684. The van der Waals surface area contributed by atoms with Crippen molar-refractivity contribution in [1.29, 1.82) is 0 Å². The van der Waals surface area contributed by atoms with Crippen molar-refractivity contribution in [3.63, 3.8) is 0 Å². The molecule has 0 spiro atoms. The summed E-state index contributed by atoms with van der Waals surface area (Å²) >= 11 is 5.92. The molecule has 0 saturated heterocycles. The largest absolute Gasteiger partial charge is 0.268 e. The number of benzene rings is 1. The average Bonchev–Trinajstić information content (AvgIpc) is 2.39. The standard InChI is InChI=1S/C14H10ClN3O/c1-9-17-13-8-10(15)2-3-12(13)14(19)18(9)11-4-6-16-7-5-11/h2-8H,1H3. The van der Waals surface area contributed by atoms with Gasteiger partial charge in [-0.3, -0.25) is 14.3 Å². The molecular formula is C14H10ClN3O. The highest BCUT2D eigenvalue weighted by Gasteiger charge is 2.09. The minimum absolute atomic E-state index is 0.106. The van der Waals surface area contributed by atoms with Crippen LogP contribution in [0.25, 0.3) is 16.6 Å². The SMILES string of the molecule is Cc1nc2cc(Cl)ccc2c(=O)n1-c1ccncc1. The Kier molecular flexibility index (Phi) is 2.80. The molecule has 0 unspecified atom stereocenters. The average molecular weight is 272 g/mol. The van der Waals surface area contributed by atoms with Crippen LogP contribution in [0.15, 0.2) is 47.5 Å². The Morgan fingerprint density at radius 2 is 1.89 bits per heavy atom. The highest BCUT2D eigenvalue weighted by atomic mass is 35.5. The number of halogens is 1. The Labute approximate surface area is 114 Å². The molecule has 0 bridgehead atoms. The number of hydrogen-bond acceptors (Lipinski definition) is 3. The maximum absolute atomic E-state index is 12.5. The van der Waals surface area contributed by atoms with Crippen LogP contribution >= 0.6 is 11.6 Å². The molecular weight excluding hydrogens is 262 g/mol. The monoisotopic (exact) mass is 271 g/mol. The molecule has 0 aliphatic heterocycles. The first-order valence-corrected chi connectivity index (χ1v) is 6.14. The normalized spacial score (nSPS) is 10.8. The fourth-order valence-corrected chi connectivity index (χ4v) is 2.23. The summed E-state index contributed by atoms with van der Waals surface area (Å²) in [5, 5.41) is 1.12. The third-order valence-electron chi connectivity index (χ3n) is 2.92. The van der Waals surface area contributed by atoms with Crippen LogP contribution in [0.2, 0.25) is 5.02 Å². The van der Waals surface area contributed by atoms with Gasteiger partial charge >= 0.3 is 0 Å². The number of pyridine rings is 1. The molecule has 1 aromatic carbocycles. The van der Waals surface area contributed by atoms with E-state index in [-0.39, 0.29) is 5.56 Å². The van der Waals surface area contributed by atoms with Crippen molar-refractivity contribution in [1.82, 2.24) is 14.5 Å². The van der Waals surface area contributed by atoms with Gasteiger partial charge in [-0.1, -0.05) is 11.6 Å². The molecule has 0 amide bonds. The minimum Gasteiger partial charge on any atom is -0.268 e. The first kappa shape index (κ1) is 11.9. The van der Waals surface area contributed by atoms with Crippen LogP contribution in [0.3, 0.4) is 0 Å². The fourth-order valence-electron chi connectivity index (χ4n) is 2.07. The lowest BCUT2D eigenvalue weighted by atomic mass is 10.2. The van der Waals surface area contributed by atoms with E-state index in [9.17, 15) is 4.79 Å². The van der Waals surface area contributed by atoms with E-state index in [1.54, 1.807) is 54.2 Å². The summed E-state index contributed by atoms with van der Waals surface area (Å²) in [7, 11) is 0. The summed E-state index contributed by atoms with van der Waals surface area (Å²) in [5.41, 5.74) is 1.26. The van der Waals surface area contributed by atoms with Gasteiger partial charge in [0.25, 0.3) is 5.56 Å². The summed E-state index contributed by atoms with van der Waals surface area (Å²) in [6.45, 7) is 1.79. The maximum Gasteiger partial charge on any atom is 0.265 e. The van der Waals surface area contributed by atoms with Crippen LogP contribution in [0.5, 0.6) is 0 Å². The zero-order valence-electron chi connectivity index (χ0n) is 10.2. The third-order valence-corrected chi connectivity index (χ3v) is 3.16. The van der Waals surface area contributed by atoms with Gasteiger partial charge in [-0.2, -0.15) is 0 Å². The Balaban J connectivity index is 2.39. The highest BCUT2D eigenvalue weighted by molar-refractivity contribution is 6.31. The Bertz CT molecular complexity index is 812. The molecule has 3 aromatic rings. The van der Waals surface area contributed by atoms with Gasteiger partial charge in [0.15, 0.2) is 0 Å². The van der Waals surface area contributed by atoms with Gasteiger partial charge < -0.3 is 0 Å². The van der Waals surface area contributed by atoms with Crippen molar-refractivity contribution in [2.45, 2.75) is 6.92 Å². The van der Waals surface area contributed by atoms with Gasteiger partial charge in [0.1, 0.15) is 5.82 Å². The number of fused-ring (bicyclic) bond motifs is 1. The van der Waals surface area contributed by atoms with Gasteiger partial charge in [-0.15, -0.1) is 0 Å². The van der Waals surface area contributed by atoms with E-state index in [1.165, 1.54) is 0 Å². The van der Waals surface area contributed by atoms with Crippen molar-refractivity contribution in [2.24, 2.45) is 0 Å². The molecule has 2 aromatic heterocycles. The van der Waals surface area contributed by atoms with Crippen molar-refractivity contribution in [2.75, 3.05) is 0 Å². The topological polar surface area (TPSA) is 47.8 Å². The summed E-state index contributed by atoms with van der Waals surface area (Å²) in [4.78, 5) is 20.9. The molecule has 0 aliphatic rings. The molecule has 0 atom stereocenters. The second-order valence-corrected chi connectivity index (χ2v) is 4.60. The van der Waals surface area contributed by atoms with Crippen LogP contribution < -0.4 is 5.56 Å². The molecule has 0 radical (unpaired) electrons. The molecule has 0 fully saturated rings. The third kappa shape index (κ3) is 2.00. The molecule has 94 valence electrons. The van der Waals surface area contributed by atoms with Crippen LogP contribution in [0.4, 0.5) is 0 Å². The Morgan fingerprint density at radius 3 is 2.63 bits per heavy atom. The number of nitrogens with zero attached hydrogens (tertiary/aromatic N) is 3. The number of rotatable bonds is 1. The zero-order valence-corrected chi connectivity index (χ0v) is 10.9. The molecule has 0 aliphatic carbocycles. The molecule has 19 heavy (non-hydrogen) atoms. The maximum atomic E-state index is 12.5. The summed E-state index contributed by atoms with van der Waals surface area (Å²) in [5.74, 6) is 0.617. The smallest absolute Gasteiger partial charge is 0.265 e. The molecule has 0 N–H and O–H groups in total. The lowest BCUT2D eigenvalue weighted by Crippen LogP contribution is -2.22. The molecule has 2 heterocycles. The molecule has 4 nitrogen and oxygen atoms in total. The Morgan fingerprint density at radius 1 is 1.16 bits per heavy atom. The number of aryl methyl sites for hydroxylation is 1. The van der Waals surface area contributed by atoms with Crippen molar-refractivity contribution < 1.29 is 0 Å². The highest BCUT2D eigenvalue weighted by Crippen LogP contribution is 2.16. The number of aromatic nitrogens is 3. The lowest BCUT2D eigenvalue weighted by Gasteiger charge is -2.10. The van der Waals surface area contributed by atoms with Crippen LogP contribution in [-0.4, -0.2) is 14.5 Å². The first-order valence-electron chi connectivity index (χ1n) is 5.76. The van der Waals surface area contributed by atoms with Gasteiger partial charge in [0.05, 0.1) is 16.6 Å². The molecule has 0 saturated carbocycles. The van der Waals surface area contributed by atoms with Gasteiger partial charge in [0.2, 0.25) is 0 Å². The lowest BCUT2D eigenvalue weighted by molar-refractivity contribution is 0.892. The van der Waals surface area contributed by atoms with Crippen molar-refractivity contribution >= 4 is 22.5 Å². The first-order chi connectivity index (χ1) is 9.16. The van der Waals surface area contributed by atoms with Crippen LogP contribution in [0.1, 0.15) is 5.82 Å². The molecule has 5 heteroatoms. The van der Waals surface area contributed by atoms with Gasteiger partial charge in [0, 0.05) is 17.4 Å². The molecule has 3 rings (SSSR count). The van der Waals surface area contributed by atoms with E-state index in [2.05, 4.69) is 9.97 Å². The summed E-state index contributed by atoms with van der Waals surface area (Å²) < 4.78 is 1.57. The summed E-state index contributed by atoms with van der Waals surface area (Å²) in [6.07, 6.45) is 3.29.